The van der Waals surface area contributed by atoms with Crippen molar-refractivity contribution in [1.29, 1.82) is 0 Å². The number of amides is 1. The van der Waals surface area contributed by atoms with E-state index in [1.165, 1.54) is 17.5 Å². The minimum atomic E-state index is -0.189. The lowest BCUT2D eigenvalue weighted by Gasteiger charge is -2.32. The van der Waals surface area contributed by atoms with Crippen LogP contribution in [0.1, 0.15) is 51.3 Å². The molecular formula is C21H26N2O4. The maximum Gasteiger partial charge on any atom is 0.251 e. The predicted octanol–water partition coefficient (Wildman–Crippen LogP) is 2.88. The lowest BCUT2D eigenvalue weighted by atomic mass is 10.0. The highest BCUT2D eigenvalue weighted by Gasteiger charge is 2.29. The summed E-state index contributed by atoms with van der Waals surface area (Å²) in [5.74, 6) is 0.727. The van der Waals surface area contributed by atoms with Crippen LogP contribution < -0.4 is 5.32 Å². The van der Waals surface area contributed by atoms with E-state index in [1.54, 1.807) is 0 Å². The van der Waals surface area contributed by atoms with Gasteiger partial charge in [-0.25, -0.2) is 0 Å². The molecule has 2 heterocycles. The molecule has 6 heteroatoms. The van der Waals surface area contributed by atoms with Crippen LogP contribution in [0.15, 0.2) is 22.7 Å². The minimum absolute atomic E-state index is 0.0393. The molecule has 2 atom stereocenters. The zero-order valence-electron chi connectivity index (χ0n) is 15.9. The Labute approximate surface area is 159 Å². The summed E-state index contributed by atoms with van der Waals surface area (Å²) in [4.78, 5) is 12.8. The molecule has 0 spiro atoms. The fraction of sp³-hybridized carbons (Fsp3) is 0.524. The van der Waals surface area contributed by atoms with Crippen LogP contribution in [-0.2, 0) is 28.9 Å². The van der Waals surface area contributed by atoms with Gasteiger partial charge in [-0.1, -0.05) is 11.2 Å². The number of carbonyl (C=O) groups is 1. The van der Waals surface area contributed by atoms with Gasteiger partial charge in [0.05, 0.1) is 24.9 Å². The van der Waals surface area contributed by atoms with Gasteiger partial charge in [0, 0.05) is 17.7 Å². The molecule has 27 heavy (non-hydrogen) atoms. The van der Waals surface area contributed by atoms with Crippen molar-refractivity contribution in [2.45, 2.75) is 58.3 Å². The summed E-state index contributed by atoms with van der Waals surface area (Å²) in [5, 5.41) is 7.11. The summed E-state index contributed by atoms with van der Waals surface area (Å²) in [5.41, 5.74) is 5.21. The quantitative estimate of drug-likeness (QED) is 0.876. The van der Waals surface area contributed by atoms with Crippen molar-refractivity contribution in [1.82, 2.24) is 10.5 Å². The zero-order chi connectivity index (χ0) is 18.8. The molecule has 1 fully saturated rings. The molecule has 0 bridgehead atoms. The summed E-state index contributed by atoms with van der Waals surface area (Å²) in [6.07, 6.45) is 3.91. The Hall–Kier alpha value is -2.18. The third-order valence-electron chi connectivity index (χ3n) is 5.60. The molecular weight excluding hydrogens is 344 g/mol. The predicted molar refractivity (Wildman–Crippen MR) is 99.7 cm³/mol. The second kappa shape index (κ2) is 7.82. The molecule has 2 aliphatic rings. The molecule has 1 aliphatic heterocycles. The molecule has 4 rings (SSSR count). The van der Waals surface area contributed by atoms with E-state index in [4.69, 9.17) is 14.0 Å². The van der Waals surface area contributed by atoms with Crippen LogP contribution in [0.5, 0.6) is 0 Å². The number of benzene rings is 1. The average Bonchev–Trinajstić information content (AvgIpc) is 3.27. The van der Waals surface area contributed by atoms with Gasteiger partial charge < -0.3 is 19.3 Å². The van der Waals surface area contributed by atoms with Crippen molar-refractivity contribution in [3.63, 3.8) is 0 Å². The van der Waals surface area contributed by atoms with E-state index in [2.05, 4.69) is 16.5 Å². The first kappa shape index (κ1) is 18.2. The van der Waals surface area contributed by atoms with Crippen LogP contribution in [0.4, 0.5) is 0 Å². The largest absolute Gasteiger partial charge is 0.379 e. The topological polar surface area (TPSA) is 73.6 Å². The first-order chi connectivity index (χ1) is 13.1. The van der Waals surface area contributed by atoms with Crippen LogP contribution in [-0.4, -0.2) is 36.4 Å². The average molecular weight is 370 g/mol. The molecule has 6 nitrogen and oxygen atoms in total. The Bertz CT molecular complexity index is 810. The van der Waals surface area contributed by atoms with Gasteiger partial charge in [0.1, 0.15) is 11.9 Å². The van der Waals surface area contributed by atoms with Gasteiger partial charge in [-0.3, -0.25) is 4.79 Å². The van der Waals surface area contributed by atoms with E-state index in [-0.39, 0.29) is 18.1 Å². The number of hydrogen-bond acceptors (Lipinski definition) is 5. The second-order valence-corrected chi connectivity index (χ2v) is 7.43. The van der Waals surface area contributed by atoms with Crippen LogP contribution in [0.2, 0.25) is 0 Å². The Morgan fingerprint density at radius 1 is 1.30 bits per heavy atom. The molecule has 1 saturated heterocycles. The van der Waals surface area contributed by atoms with E-state index >= 15 is 0 Å². The number of aromatic nitrogens is 1. The lowest BCUT2D eigenvalue weighted by molar-refractivity contribution is -0.0739. The summed E-state index contributed by atoms with van der Waals surface area (Å²) < 4.78 is 16.8. The first-order valence-corrected chi connectivity index (χ1v) is 9.65. The maximum atomic E-state index is 12.8. The van der Waals surface area contributed by atoms with Crippen molar-refractivity contribution in [3.8, 4) is 0 Å². The van der Waals surface area contributed by atoms with E-state index in [1.807, 2.05) is 26.0 Å². The summed E-state index contributed by atoms with van der Waals surface area (Å²) in [7, 11) is 0. The Balaban J connectivity index is 1.40. The Kier molecular flexibility index (Phi) is 5.27. The molecule has 2 aromatic rings. The van der Waals surface area contributed by atoms with Crippen LogP contribution in [0.25, 0.3) is 0 Å². The monoisotopic (exact) mass is 370 g/mol. The molecule has 1 aromatic carbocycles. The summed E-state index contributed by atoms with van der Waals surface area (Å²) in [6.45, 7) is 5.28. The molecule has 1 N–H and O–H groups in total. The molecule has 1 aliphatic carbocycles. The van der Waals surface area contributed by atoms with Gasteiger partial charge in [0.25, 0.3) is 5.91 Å². The molecule has 144 valence electrons. The molecule has 0 unspecified atom stereocenters. The highest BCUT2D eigenvalue weighted by atomic mass is 16.5. The SMILES string of the molecule is Cc1noc(C)c1CO[C@@H]1COCC[C@H]1NC(=O)c1ccc2c(c1)CCC2. The number of aryl methyl sites for hydroxylation is 4. The minimum Gasteiger partial charge on any atom is -0.379 e. The van der Waals surface area contributed by atoms with Crippen molar-refractivity contribution in [3.05, 3.63) is 51.9 Å². The third-order valence-corrected chi connectivity index (χ3v) is 5.60. The third kappa shape index (κ3) is 3.92. The Morgan fingerprint density at radius 2 is 2.15 bits per heavy atom. The Morgan fingerprint density at radius 3 is 2.96 bits per heavy atom. The van der Waals surface area contributed by atoms with E-state index < -0.39 is 0 Å². The van der Waals surface area contributed by atoms with Crippen LogP contribution >= 0.6 is 0 Å². The van der Waals surface area contributed by atoms with Gasteiger partial charge in [-0.15, -0.1) is 0 Å². The van der Waals surface area contributed by atoms with Crippen molar-refractivity contribution >= 4 is 5.91 Å². The maximum absolute atomic E-state index is 12.8. The standard InChI is InChI=1S/C21H26N2O4/c1-13-18(14(2)27-23-13)11-26-20-12-25-9-8-19(20)22-21(24)17-7-6-15-4-3-5-16(15)10-17/h6-7,10,19-20H,3-5,8-9,11-12H2,1-2H3,(H,22,24)/t19-,20-/m1/s1. The van der Waals surface area contributed by atoms with Gasteiger partial charge in [-0.2, -0.15) is 0 Å². The molecule has 0 saturated carbocycles. The van der Waals surface area contributed by atoms with E-state index in [0.717, 1.165) is 41.8 Å². The van der Waals surface area contributed by atoms with Crippen molar-refractivity contribution in [2.24, 2.45) is 0 Å². The number of ether oxygens (including phenoxy) is 2. The number of carbonyl (C=O) groups excluding carboxylic acids is 1. The molecule has 0 radical (unpaired) electrons. The highest BCUT2D eigenvalue weighted by Crippen LogP contribution is 2.23. The van der Waals surface area contributed by atoms with E-state index in [0.29, 0.717) is 19.8 Å². The van der Waals surface area contributed by atoms with Crippen molar-refractivity contribution in [2.75, 3.05) is 13.2 Å². The highest BCUT2D eigenvalue weighted by molar-refractivity contribution is 5.94. The van der Waals surface area contributed by atoms with Gasteiger partial charge >= 0.3 is 0 Å². The van der Waals surface area contributed by atoms with Gasteiger partial charge in [0.15, 0.2) is 0 Å². The summed E-state index contributed by atoms with van der Waals surface area (Å²) in [6, 6.07) is 5.99. The smallest absolute Gasteiger partial charge is 0.251 e. The van der Waals surface area contributed by atoms with Crippen LogP contribution in [0.3, 0.4) is 0 Å². The fourth-order valence-electron chi connectivity index (χ4n) is 3.90. The number of nitrogens with one attached hydrogen (secondary N) is 1. The second-order valence-electron chi connectivity index (χ2n) is 7.43. The van der Waals surface area contributed by atoms with Gasteiger partial charge in [0.2, 0.25) is 0 Å². The zero-order valence-corrected chi connectivity index (χ0v) is 15.9. The number of nitrogens with zero attached hydrogens (tertiary/aromatic N) is 1. The first-order valence-electron chi connectivity index (χ1n) is 9.65. The summed E-state index contributed by atoms with van der Waals surface area (Å²) >= 11 is 0. The number of rotatable bonds is 5. The van der Waals surface area contributed by atoms with Crippen molar-refractivity contribution < 1.29 is 18.8 Å². The lowest BCUT2D eigenvalue weighted by Crippen LogP contribution is -2.50. The van der Waals surface area contributed by atoms with Crippen LogP contribution in [0, 0.1) is 13.8 Å². The van der Waals surface area contributed by atoms with Gasteiger partial charge in [-0.05, 0) is 62.8 Å². The van der Waals surface area contributed by atoms with E-state index in [9.17, 15) is 4.79 Å². The number of hydrogen-bond donors (Lipinski definition) is 1. The molecule has 1 aromatic heterocycles. The molecule has 1 amide bonds. The normalized spacial score (nSPS) is 21.9. The number of fused-ring (bicyclic) bond motifs is 1. The fourth-order valence-corrected chi connectivity index (χ4v) is 3.90.